The number of aliphatic hydroxyl groups is 1. The average Bonchev–Trinajstić information content (AvgIpc) is 3.36. The van der Waals surface area contributed by atoms with Gasteiger partial charge in [0, 0.05) is 31.8 Å². The number of rotatable bonds is 8. The predicted octanol–water partition coefficient (Wildman–Crippen LogP) is 2.74. The molecule has 0 saturated carbocycles. The number of nitrogens with one attached hydrogen (secondary N) is 1. The van der Waals surface area contributed by atoms with E-state index in [1.165, 1.54) is 16.0 Å². The van der Waals surface area contributed by atoms with E-state index >= 15 is 0 Å². The number of carboxylic acids is 1. The number of amides is 2. The first-order valence-corrected chi connectivity index (χ1v) is 11.2. The van der Waals surface area contributed by atoms with Crippen molar-refractivity contribution in [2.45, 2.75) is 43.7 Å². The number of hydrogen-bond donors (Lipinski definition) is 3. The summed E-state index contributed by atoms with van der Waals surface area (Å²) in [5.74, 6) is -1.39. The molecule has 2 aliphatic rings. The number of carbonyl (C=O) groups excluding carboxylic acids is 2. The average molecular weight is 453 g/mol. The summed E-state index contributed by atoms with van der Waals surface area (Å²) in [6.45, 7) is 0.648. The third kappa shape index (κ3) is 5.01. The van der Waals surface area contributed by atoms with Crippen LogP contribution in [0.5, 0.6) is 0 Å². The number of benzene rings is 2. The van der Waals surface area contributed by atoms with Crippen molar-refractivity contribution >= 4 is 18.0 Å². The van der Waals surface area contributed by atoms with Crippen LogP contribution in [-0.2, 0) is 14.3 Å². The number of unbranched alkanes of at least 4 members (excludes halogenated alkanes) is 1. The molecule has 2 atom stereocenters. The minimum Gasteiger partial charge on any atom is -0.480 e. The second kappa shape index (κ2) is 10.0. The van der Waals surface area contributed by atoms with Crippen molar-refractivity contribution in [1.82, 2.24) is 10.2 Å². The number of fused-ring (bicyclic) bond motifs is 3. The SMILES string of the molecule is O=C(NCCCCC(=O)N1CC(O)CC1C(=O)O)OCC1c2ccccc2-c2ccccc21. The van der Waals surface area contributed by atoms with E-state index in [1.807, 2.05) is 24.3 Å². The van der Waals surface area contributed by atoms with Crippen LogP contribution in [0.4, 0.5) is 4.79 Å². The number of aliphatic carboxylic acids is 1. The molecule has 1 aliphatic heterocycles. The lowest BCUT2D eigenvalue weighted by Gasteiger charge is -2.21. The Morgan fingerprint density at radius 1 is 1.00 bits per heavy atom. The fourth-order valence-electron chi connectivity index (χ4n) is 4.71. The summed E-state index contributed by atoms with van der Waals surface area (Å²) in [5, 5.41) is 21.6. The lowest BCUT2D eigenvalue weighted by molar-refractivity contribution is -0.148. The Balaban J connectivity index is 1.19. The van der Waals surface area contributed by atoms with Crippen molar-refractivity contribution < 1.29 is 29.3 Å². The molecule has 33 heavy (non-hydrogen) atoms. The quantitative estimate of drug-likeness (QED) is 0.531. The monoisotopic (exact) mass is 452 g/mol. The second-order valence-corrected chi connectivity index (χ2v) is 8.50. The second-order valence-electron chi connectivity index (χ2n) is 8.50. The number of likely N-dealkylation sites (tertiary alicyclic amines) is 1. The van der Waals surface area contributed by atoms with Crippen LogP contribution in [0.25, 0.3) is 11.1 Å². The Kier molecular flexibility index (Phi) is 6.93. The van der Waals surface area contributed by atoms with Gasteiger partial charge in [0.25, 0.3) is 0 Å². The normalized spacial score (nSPS) is 19.1. The van der Waals surface area contributed by atoms with Crippen LogP contribution in [0.3, 0.4) is 0 Å². The highest BCUT2D eigenvalue weighted by Crippen LogP contribution is 2.44. The summed E-state index contributed by atoms with van der Waals surface area (Å²) in [6.07, 6.45) is -0.0132. The molecule has 1 aliphatic carbocycles. The van der Waals surface area contributed by atoms with Gasteiger partial charge in [-0.05, 0) is 35.1 Å². The summed E-state index contributed by atoms with van der Waals surface area (Å²) < 4.78 is 5.48. The van der Waals surface area contributed by atoms with Crippen molar-refractivity contribution in [3.8, 4) is 11.1 Å². The molecule has 0 spiro atoms. The van der Waals surface area contributed by atoms with E-state index in [4.69, 9.17) is 4.74 Å². The molecule has 3 N–H and O–H groups in total. The standard InChI is InChI=1S/C25H28N2O6/c28-16-13-22(24(30)31)27(14-16)23(29)11-5-6-12-26-25(32)33-15-21-19-9-3-1-7-17(19)18-8-2-4-10-20(18)21/h1-4,7-10,16,21-22,28H,5-6,11-15H2,(H,26,32)(H,30,31). The Morgan fingerprint density at radius 2 is 1.64 bits per heavy atom. The number of alkyl carbamates (subject to hydrolysis) is 1. The first-order chi connectivity index (χ1) is 16.0. The fraction of sp³-hybridized carbons (Fsp3) is 0.400. The molecule has 8 heteroatoms. The molecule has 4 rings (SSSR count). The lowest BCUT2D eigenvalue weighted by Crippen LogP contribution is -2.40. The van der Waals surface area contributed by atoms with E-state index in [0.717, 1.165) is 11.1 Å². The fourth-order valence-corrected chi connectivity index (χ4v) is 4.71. The maximum atomic E-state index is 12.3. The summed E-state index contributed by atoms with van der Waals surface area (Å²) in [6, 6.07) is 15.3. The predicted molar refractivity (Wildman–Crippen MR) is 121 cm³/mol. The van der Waals surface area contributed by atoms with Gasteiger partial charge in [0.2, 0.25) is 5.91 Å². The van der Waals surface area contributed by atoms with E-state index in [-0.39, 0.29) is 37.8 Å². The number of carboxylic acid groups (broad SMARTS) is 1. The van der Waals surface area contributed by atoms with E-state index in [9.17, 15) is 24.6 Å². The molecule has 8 nitrogen and oxygen atoms in total. The number of nitrogens with zero attached hydrogens (tertiary/aromatic N) is 1. The van der Waals surface area contributed by atoms with Gasteiger partial charge in [-0.2, -0.15) is 0 Å². The Bertz CT molecular complexity index is 994. The molecule has 0 bridgehead atoms. The van der Waals surface area contributed by atoms with Gasteiger partial charge in [0.1, 0.15) is 12.6 Å². The molecule has 2 amide bonds. The Labute approximate surface area is 192 Å². The molecule has 0 aromatic heterocycles. The number of ether oxygens (including phenoxy) is 1. The number of carbonyl (C=O) groups is 3. The van der Waals surface area contributed by atoms with Gasteiger partial charge in [0.05, 0.1) is 6.10 Å². The molecule has 1 fully saturated rings. The smallest absolute Gasteiger partial charge is 0.407 e. The first-order valence-electron chi connectivity index (χ1n) is 11.2. The third-order valence-electron chi connectivity index (χ3n) is 6.31. The molecule has 2 unspecified atom stereocenters. The molecule has 1 heterocycles. The van der Waals surface area contributed by atoms with Crippen molar-refractivity contribution in [1.29, 1.82) is 0 Å². The maximum absolute atomic E-state index is 12.3. The zero-order chi connectivity index (χ0) is 23.4. The van der Waals surface area contributed by atoms with Gasteiger partial charge in [-0.25, -0.2) is 9.59 Å². The maximum Gasteiger partial charge on any atom is 0.407 e. The molecule has 1 saturated heterocycles. The number of β-amino-alcohol motifs (C(OH)–C–C–N with tert-alkyl or cyclic N) is 1. The molecule has 0 radical (unpaired) electrons. The zero-order valence-electron chi connectivity index (χ0n) is 18.3. The topological polar surface area (TPSA) is 116 Å². The van der Waals surface area contributed by atoms with E-state index < -0.39 is 24.2 Å². The minimum atomic E-state index is -1.10. The molecular formula is C25H28N2O6. The highest BCUT2D eigenvalue weighted by atomic mass is 16.5. The van der Waals surface area contributed by atoms with Gasteiger partial charge in [0.15, 0.2) is 0 Å². The molecule has 2 aromatic rings. The molecule has 2 aromatic carbocycles. The van der Waals surface area contributed by atoms with Crippen LogP contribution in [0.2, 0.25) is 0 Å². The molecule has 174 valence electrons. The third-order valence-corrected chi connectivity index (χ3v) is 6.31. The summed E-state index contributed by atoms with van der Waals surface area (Å²) in [5.41, 5.74) is 4.64. The largest absolute Gasteiger partial charge is 0.480 e. The van der Waals surface area contributed by atoms with Crippen LogP contribution < -0.4 is 5.32 Å². The number of aliphatic hydroxyl groups excluding tert-OH is 1. The van der Waals surface area contributed by atoms with Crippen LogP contribution in [0, 0.1) is 0 Å². The van der Waals surface area contributed by atoms with Gasteiger partial charge in [-0.3, -0.25) is 4.79 Å². The number of hydrogen-bond acceptors (Lipinski definition) is 5. The highest BCUT2D eigenvalue weighted by molar-refractivity contribution is 5.84. The van der Waals surface area contributed by atoms with E-state index in [1.54, 1.807) is 0 Å². The zero-order valence-corrected chi connectivity index (χ0v) is 18.3. The van der Waals surface area contributed by atoms with Crippen molar-refractivity contribution in [2.24, 2.45) is 0 Å². The van der Waals surface area contributed by atoms with Crippen molar-refractivity contribution in [3.05, 3.63) is 59.7 Å². The highest BCUT2D eigenvalue weighted by Gasteiger charge is 2.38. The van der Waals surface area contributed by atoms with Crippen LogP contribution in [-0.4, -0.2) is 64.9 Å². The lowest BCUT2D eigenvalue weighted by atomic mass is 9.98. The first kappa shape index (κ1) is 22.8. The van der Waals surface area contributed by atoms with Gasteiger partial charge in [-0.1, -0.05) is 48.5 Å². The minimum absolute atomic E-state index is 0.00114. The van der Waals surface area contributed by atoms with Crippen LogP contribution in [0.1, 0.15) is 42.7 Å². The van der Waals surface area contributed by atoms with Crippen LogP contribution >= 0.6 is 0 Å². The van der Waals surface area contributed by atoms with Gasteiger partial charge < -0.3 is 25.2 Å². The van der Waals surface area contributed by atoms with Gasteiger partial charge in [-0.15, -0.1) is 0 Å². The summed E-state index contributed by atoms with van der Waals surface area (Å²) in [4.78, 5) is 36.9. The molecular weight excluding hydrogens is 424 g/mol. The Morgan fingerprint density at radius 3 is 2.27 bits per heavy atom. The Hall–Kier alpha value is -3.39. The van der Waals surface area contributed by atoms with E-state index in [2.05, 4.69) is 29.6 Å². The van der Waals surface area contributed by atoms with E-state index in [0.29, 0.717) is 19.4 Å². The van der Waals surface area contributed by atoms with Crippen molar-refractivity contribution in [2.75, 3.05) is 19.7 Å². The summed E-state index contributed by atoms with van der Waals surface area (Å²) >= 11 is 0. The van der Waals surface area contributed by atoms with Crippen LogP contribution in [0.15, 0.2) is 48.5 Å². The summed E-state index contributed by atoms with van der Waals surface area (Å²) in [7, 11) is 0. The van der Waals surface area contributed by atoms with Crippen molar-refractivity contribution in [3.63, 3.8) is 0 Å². The van der Waals surface area contributed by atoms with Gasteiger partial charge >= 0.3 is 12.1 Å².